The molecule has 2 rings (SSSR count). The molecular formula is C18H15N3O3. The van der Waals surface area contributed by atoms with Gasteiger partial charge >= 0.3 is 5.97 Å². The van der Waals surface area contributed by atoms with Gasteiger partial charge in [0, 0.05) is 17.6 Å². The number of carboxylic acids is 1. The zero-order valence-corrected chi connectivity index (χ0v) is 12.9. The number of hydrogen-bond acceptors (Lipinski definition) is 4. The third-order valence-corrected chi connectivity index (χ3v) is 3.25. The Morgan fingerprint density at radius 3 is 2.58 bits per heavy atom. The van der Waals surface area contributed by atoms with E-state index in [1.807, 2.05) is 25.1 Å². The minimum Gasteiger partial charge on any atom is -0.478 e. The van der Waals surface area contributed by atoms with E-state index in [0.717, 1.165) is 5.56 Å². The third kappa shape index (κ3) is 4.21. The molecule has 0 aliphatic rings. The molecule has 120 valence electrons. The van der Waals surface area contributed by atoms with Gasteiger partial charge in [-0.15, -0.1) is 0 Å². The van der Waals surface area contributed by atoms with E-state index in [2.05, 4.69) is 10.6 Å². The maximum absolute atomic E-state index is 12.2. The summed E-state index contributed by atoms with van der Waals surface area (Å²) in [6.07, 6.45) is 1.24. The van der Waals surface area contributed by atoms with Crippen molar-refractivity contribution in [1.29, 1.82) is 5.26 Å². The van der Waals surface area contributed by atoms with Crippen molar-refractivity contribution in [3.05, 3.63) is 71.4 Å². The minimum absolute atomic E-state index is 0.108. The van der Waals surface area contributed by atoms with E-state index in [0.29, 0.717) is 11.4 Å². The van der Waals surface area contributed by atoms with Crippen LogP contribution in [0.5, 0.6) is 0 Å². The second-order valence-electron chi connectivity index (χ2n) is 4.97. The number of nitriles is 1. The van der Waals surface area contributed by atoms with Gasteiger partial charge in [-0.3, -0.25) is 4.79 Å². The molecule has 0 bridgehead atoms. The summed E-state index contributed by atoms with van der Waals surface area (Å²) in [5.41, 5.74) is 1.95. The van der Waals surface area contributed by atoms with Crippen molar-refractivity contribution in [2.24, 2.45) is 0 Å². The highest BCUT2D eigenvalue weighted by Crippen LogP contribution is 2.15. The highest BCUT2D eigenvalue weighted by atomic mass is 16.4. The summed E-state index contributed by atoms with van der Waals surface area (Å²) in [6.45, 7) is 1.85. The molecule has 6 heteroatoms. The molecule has 3 N–H and O–H groups in total. The van der Waals surface area contributed by atoms with Gasteiger partial charge in [-0.25, -0.2) is 4.79 Å². The average Bonchev–Trinajstić information content (AvgIpc) is 2.57. The second kappa shape index (κ2) is 7.61. The molecule has 0 heterocycles. The molecule has 0 saturated carbocycles. The van der Waals surface area contributed by atoms with E-state index in [-0.39, 0.29) is 11.1 Å². The van der Waals surface area contributed by atoms with E-state index >= 15 is 0 Å². The van der Waals surface area contributed by atoms with Gasteiger partial charge in [0.05, 0.1) is 5.56 Å². The number of carboxylic acid groups (broad SMARTS) is 1. The number of carbonyl (C=O) groups is 2. The molecule has 0 atom stereocenters. The Bertz CT molecular complexity index is 851. The number of rotatable bonds is 5. The molecule has 0 radical (unpaired) electrons. The van der Waals surface area contributed by atoms with Gasteiger partial charge in [0.1, 0.15) is 11.6 Å². The Balaban J connectivity index is 2.13. The maximum Gasteiger partial charge on any atom is 0.335 e. The molecule has 0 aliphatic heterocycles. The lowest BCUT2D eigenvalue weighted by molar-refractivity contribution is -0.112. The molecule has 2 aromatic carbocycles. The fourth-order valence-corrected chi connectivity index (χ4v) is 1.95. The number of nitrogens with one attached hydrogen (secondary N) is 2. The zero-order valence-electron chi connectivity index (χ0n) is 12.9. The molecule has 0 fully saturated rings. The second-order valence-corrected chi connectivity index (χ2v) is 4.97. The standard InChI is InChI=1S/C18H15N3O3/c1-12-5-2-3-8-16(12)21-17(22)14(10-19)11-20-15-7-4-6-13(9-15)18(23)24/h2-9,11,20H,1H3,(H,21,22)(H,23,24)/b14-11-. The van der Waals surface area contributed by atoms with Crippen molar-refractivity contribution in [2.75, 3.05) is 10.6 Å². The minimum atomic E-state index is -1.06. The van der Waals surface area contributed by atoms with Crippen molar-refractivity contribution in [1.82, 2.24) is 0 Å². The van der Waals surface area contributed by atoms with Crippen molar-refractivity contribution in [3.63, 3.8) is 0 Å². The maximum atomic E-state index is 12.2. The first-order valence-electron chi connectivity index (χ1n) is 7.08. The van der Waals surface area contributed by atoms with E-state index in [1.165, 1.54) is 18.3 Å². The SMILES string of the molecule is Cc1ccccc1NC(=O)/C(C#N)=C\Nc1cccc(C(=O)O)c1. The Morgan fingerprint density at radius 1 is 1.17 bits per heavy atom. The summed E-state index contributed by atoms with van der Waals surface area (Å²) in [5, 5.41) is 23.5. The molecule has 0 aliphatic carbocycles. The molecule has 2 aromatic rings. The van der Waals surface area contributed by atoms with Crippen LogP contribution in [0.1, 0.15) is 15.9 Å². The summed E-state index contributed by atoms with van der Waals surface area (Å²) in [7, 11) is 0. The normalized spacial score (nSPS) is 10.6. The van der Waals surface area contributed by atoms with E-state index in [9.17, 15) is 9.59 Å². The number of anilines is 2. The van der Waals surface area contributed by atoms with Gasteiger partial charge in [0.2, 0.25) is 0 Å². The first-order valence-corrected chi connectivity index (χ1v) is 7.08. The average molecular weight is 321 g/mol. The number of aryl methyl sites for hydroxylation is 1. The topological polar surface area (TPSA) is 102 Å². The van der Waals surface area contributed by atoms with E-state index < -0.39 is 11.9 Å². The van der Waals surface area contributed by atoms with Gasteiger partial charge in [0.25, 0.3) is 5.91 Å². The molecule has 0 saturated heterocycles. The molecule has 0 aromatic heterocycles. The van der Waals surface area contributed by atoms with Crippen LogP contribution in [0.3, 0.4) is 0 Å². The lowest BCUT2D eigenvalue weighted by atomic mass is 10.2. The summed E-state index contributed by atoms with van der Waals surface area (Å²) >= 11 is 0. The van der Waals surface area contributed by atoms with Gasteiger partial charge in [-0.05, 0) is 36.8 Å². The Kier molecular flexibility index (Phi) is 5.32. The van der Waals surface area contributed by atoms with Crippen LogP contribution in [-0.2, 0) is 4.79 Å². The van der Waals surface area contributed by atoms with Crippen LogP contribution in [0, 0.1) is 18.3 Å². The lowest BCUT2D eigenvalue weighted by Crippen LogP contribution is -2.15. The smallest absolute Gasteiger partial charge is 0.335 e. The molecule has 24 heavy (non-hydrogen) atoms. The number of carbonyl (C=O) groups excluding carboxylic acids is 1. The van der Waals surface area contributed by atoms with Crippen LogP contribution in [0.4, 0.5) is 11.4 Å². The lowest BCUT2D eigenvalue weighted by Gasteiger charge is -2.08. The summed E-state index contributed by atoms with van der Waals surface area (Å²) < 4.78 is 0. The van der Waals surface area contributed by atoms with Crippen LogP contribution in [0.25, 0.3) is 0 Å². The zero-order chi connectivity index (χ0) is 17.5. The van der Waals surface area contributed by atoms with Crippen LogP contribution in [-0.4, -0.2) is 17.0 Å². The van der Waals surface area contributed by atoms with Crippen LogP contribution < -0.4 is 10.6 Å². The molecule has 6 nitrogen and oxygen atoms in total. The van der Waals surface area contributed by atoms with Gasteiger partial charge < -0.3 is 15.7 Å². The number of amides is 1. The van der Waals surface area contributed by atoms with Crippen LogP contribution in [0.15, 0.2) is 60.3 Å². The molecule has 0 unspecified atom stereocenters. The van der Waals surface area contributed by atoms with E-state index in [1.54, 1.807) is 24.3 Å². The molecular weight excluding hydrogens is 306 g/mol. The highest BCUT2D eigenvalue weighted by molar-refractivity contribution is 6.07. The Morgan fingerprint density at radius 2 is 1.92 bits per heavy atom. The first-order chi connectivity index (χ1) is 11.5. The predicted molar refractivity (Wildman–Crippen MR) is 90.5 cm³/mol. The van der Waals surface area contributed by atoms with Crippen LogP contribution in [0.2, 0.25) is 0 Å². The number of aromatic carboxylic acids is 1. The van der Waals surface area contributed by atoms with Gasteiger partial charge in [-0.2, -0.15) is 5.26 Å². The highest BCUT2D eigenvalue weighted by Gasteiger charge is 2.10. The molecule has 1 amide bonds. The van der Waals surface area contributed by atoms with Crippen molar-refractivity contribution in [3.8, 4) is 6.07 Å². The number of benzene rings is 2. The van der Waals surface area contributed by atoms with Gasteiger partial charge in [-0.1, -0.05) is 24.3 Å². The predicted octanol–water partition coefficient (Wildman–Crippen LogP) is 3.15. The first kappa shape index (κ1) is 16.8. The quantitative estimate of drug-likeness (QED) is 0.580. The van der Waals surface area contributed by atoms with Crippen molar-refractivity contribution >= 4 is 23.3 Å². The Hall–Kier alpha value is -3.59. The fourth-order valence-electron chi connectivity index (χ4n) is 1.95. The van der Waals surface area contributed by atoms with Crippen molar-refractivity contribution < 1.29 is 14.7 Å². The van der Waals surface area contributed by atoms with Gasteiger partial charge in [0.15, 0.2) is 0 Å². The van der Waals surface area contributed by atoms with Crippen molar-refractivity contribution in [2.45, 2.75) is 6.92 Å². The van der Waals surface area contributed by atoms with E-state index in [4.69, 9.17) is 10.4 Å². The molecule has 0 spiro atoms. The third-order valence-electron chi connectivity index (χ3n) is 3.25. The number of hydrogen-bond donors (Lipinski definition) is 3. The monoisotopic (exact) mass is 321 g/mol. The fraction of sp³-hybridized carbons (Fsp3) is 0.0556. The van der Waals surface area contributed by atoms with Crippen LogP contribution >= 0.6 is 0 Å². The number of para-hydroxylation sites is 1. The summed E-state index contributed by atoms with van der Waals surface area (Å²) in [4.78, 5) is 23.1. The summed E-state index contributed by atoms with van der Waals surface area (Å²) in [5.74, 6) is -1.60. The number of nitrogens with zero attached hydrogens (tertiary/aromatic N) is 1. The Labute approximate surface area is 139 Å². The summed E-state index contributed by atoms with van der Waals surface area (Å²) in [6, 6.07) is 15.1. The largest absolute Gasteiger partial charge is 0.478 e.